The zero-order chi connectivity index (χ0) is 11.8. The highest BCUT2D eigenvalue weighted by atomic mass is 15.1. The Labute approximate surface area is 102 Å². The van der Waals surface area contributed by atoms with E-state index in [0.29, 0.717) is 5.41 Å². The molecule has 2 atom stereocenters. The first kappa shape index (κ1) is 12.4. The van der Waals surface area contributed by atoms with Crippen molar-refractivity contribution in [3.05, 3.63) is 0 Å². The summed E-state index contributed by atoms with van der Waals surface area (Å²) in [6.45, 7) is 10.0. The van der Waals surface area contributed by atoms with Crippen LogP contribution >= 0.6 is 0 Å². The summed E-state index contributed by atoms with van der Waals surface area (Å²) >= 11 is 0. The molecule has 1 aliphatic carbocycles. The molecule has 2 rings (SSSR count). The van der Waals surface area contributed by atoms with Crippen molar-refractivity contribution in [1.82, 2.24) is 4.90 Å². The molecule has 16 heavy (non-hydrogen) atoms. The molecule has 0 aromatic rings. The lowest BCUT2D eigenvalue weighted by Crippen LogP contribution is -2.41. The third kappa shape index (κ3) is 2.16. The first-order chi connectivity index (χ1) is 7.57. The first-order valence-corrected chi connectivity index (χ1v) is 7.26. The number of likely N-dealkylation sites (tertiary alicyclic amines) is 1. The van der Waals surface area contributed by atoms with Crippen LogP contribution < -0.4 is 0 Å². The molecule has 0 aromatic heterocycles. The van der Waals surface area contributed by atoms with Crippen LogP contribution in [0, 0.1) is 23.2 Å². The van der Waals surface area contributed by atoms with Crippen molar-refractivity contribution in [1.29, 1.82) is 0 Å². The molecular weight excluding hydrogens is 194 g/mol. The van der Waals surface area contributed by atoms with Crippen molar-refractivity contribution in [3.8, 4) is 0 Å². The third-order valence-corrected chi connectivity index (χ3v) is 5.84. The Balaban J connectivity index is 2.04. The topological polar surface area (TPSA) is 3.24 Å². The molecule has 1 heteroatoms. The van der Waals surface area contributed by atoms with E-state index < -0.39 is 0 Å². The summed E-state index contributed by atoms with van der Waals surface area (Å²) in [5, 5.41) is 0. The second-order valence-corrected chi connectivity index (χ2v) is 6.64. The molecule has 0 aromatic carbocycles. The van der Waals surface area contributed by atoms with Crippen molar-refractivity contribution >= 4 is 0 Å². The van der Waals surface area contributed by atoms with Gasteiger partial charge in [0.1, 0.15) is 0 Å². The average molecular weight is 223 g/mol. The lowest BCUT2D eigenvalue weighted by atomic mass is 9.66. The van der Waals surface area contributed by atoms with E-state index in [-0.39, 0.29) is 0 Å². The van der Waals surface area contributed by atoms with Crippen molar-refractivity contribution in [2.75, 3.05) is 20.1 Å². The van der Waals surface area contributed by atoms with Crippen LogP contribution in [0.3, 0.4) is 0 Å². The molecule has 2 aliphatic rings. The predicted octanol–water partition coefficient (Wildman–Crippen LogP) is 3.79. The lowest BCUT2D eigenvalue weighted by molar-refractivity contribution is 0.0537. The van der Waals surface area contributed by atoms with E-state index in [9.17, 15) is 0 Å². The normalized spacial score (nSPS) is 40.1. The number of piperidine rings is 1. The van der Waals surface area contributed by atoms with Gasteiger partial charge in [0.2, 0.25) is 0 Å². The Morgan fingerprint density at radius 2 is 1.56 bits per heavy atom. The number of nitrogens with zero attached hydrogens (tertiary/aromatic N) is 1. The van der Waals surface area contributed by atoms with Gasteiger partial charge in [-0.1, -0.05) is 27.2 Å². The number of hydrogen-bond acceptors (Lipinski definition) is 1. The van der Waals surface area contributed by atoms with E-state index in [2.05, 4.69) is 32.7 Å². The third-order valence-electron chi connectivity index (χ3n) is 5.84. The molecule has 94 valence electrons. The van der Waals surface area contributed by atoms with Crippen molar-refractivity contribution in [2.45, 2.75) is 52.9 Å². The fraction of sp³-hybridized carbons (Fsp3) is 1.00. The molecule has 0 radical (unpaired) electrons. The standard InChI is InChI=1S/C15H29N/c1-5-15(6-8-16(4)9-7-15)14-10-12(2)13(3)11-14/h12-14H,5-11H2,1-4H3. The maximum Gasteiger partial charge on any atom is -0.00164 e. The minimum Gasteiger partial charge on any atom is -0.306 e. The van der Waals surface area contributed by atoms with Crippen LogP contribution in [-0.2, 0) is 0 Å². The van der Waals surface area contributed by atoms with Gasteiger partial charge in [0.05, 0.1) is 0 Å². The van der Waals surface area contributed by atoms with Gasteiger partial charge in [0, 0.05) is 0 Å². The van der Waals surface area contributed by atoms with E-state index in [0.717, 1.165) is 17.8 Å². The summed E-state index contributed by atoms with van der Waals surface area (Å²) < 4.78 is 0. The van der Waals surface area contributed by atoms with Gasteiger partial charge in [-0.3, -0.25) is 0 Å². The van der Waals surface area contributed by atoms with Gasteiger partial charge in [-0.15, -0.1) is 0 Å². The van der Waals surface area contributed by atoms with Crippen LogP contribution in [0.25, 0.3) is 0 Å². The molecule has 2 fully saturated rings. The molecule has 1 saturated heterocycles. The molecule has 0 N–H and O–H groups in total. The summed E-state index contributed by atoms with van der Waals surface area (Å²) in [5.41, 5.74) is 0.700. The summed E-state index contributed by atoms with van der Waals surface area (Å²) in [6.07, 6.45) is 7.30. The van der Waals surface area contributed by atoms with Crippen molar-refractivity contribution in [2.24, 2.45) is 23.2 Å². The Kier molecular flexibility index (Phi) is 3.63. The van der Waals surface area contributed by atoms with Gasteiger partial charge in [0.15, 0.2) is 0 Å². The van der Waals surface area contributed by atoms with Crippen LogP contribution in [0.2, 0.25) is 0 Å². The zero-order valence-electron chi connectivity index (χ0n) is 11.6. The summed E-state index contributed by atoms with van der Waals surface area (Å²) in [5.74, 6) is 2.96. The molecule has 1 saturated carbocycles. The van der Waals surface area contributed by atoms with Gasteiger partial charge < -0.3 is 4.90 Å². The molecule has 2 unspecified atom stereocenters. The Hall–Kier alpha value is -0.0400. The second-order valence-electron chi connectivity index (χ2n) is 6.64. The lowest BCUT2D eigenvalue weighted by Gasteiger charge is -2.45. The largest absolute Gasteiger partial charge is 0.306 e. The van der Waals surface area contributed by atoms with E-state index in [4.69, 9.17) is 0 Å². The van der Waals surface area contributed by atoms with Crippen LogP contribution in [0.4, 0.5) is 0 Å². The van der Waals surface area contributed by atoms with E-state index in [1.165, 1.54) is 45.2 Å². The van der Waals surface area contributed by atoms with Crippen molar-refractivity contribution < 1.29 is 0 Å². The minimum absolute atomic E-state index is 0.700. The summed E-state index contributed by atoms with van der Waals surface area (Å²) in [6, 6.07) is 0. The monoisotopic (exact) mass is 223 g/mol. The van der Waals surface area contributed by atoms with Crippen LogP contribution in [0.1, 0.15) is 52.9 Å². The Morgan fingerprint density at radius 1 is 1.06 bits per heavy atom. The highest BCUT2D eigenvalue weighted by Gasteiger charge is 2.43. The molecule has 1 nitrogen and oxygen atoms in total. The van der Waals surface area contributed by atoms with Gasteiger partial charge in [-0.05, 0) is 69.0 Å². The highest BCUT2D eigenvalue weighted by Crippen LogP contribution is 2.51. The van der Waals surface area contributed by atoms with Gasteiger partial charge in [-0.25, -0.2) is 0 Å². The first-order valence-electron chi connectivity index (χ1n) is 7.26. The SMILES string of the molecule is CCC1(C2CC(C)C(C)C2)CCN(C)CC1. The van der Waals surface area contributed by atoms with Crippen LogP contribution in [0.5, 0.6) is 0 Å². The number of rotatable bonds is 2. The molecule has 0 bridgehead atoms. The molecule has 1 aliphatic heterocycles. The van der Waals surface area contributed by atoms with Crippen molar-refractivity contribution in [3.63, 3.8) is 0 Å². The van der Waals surface area contributed by atoms with E-state index >= 15 is 0 Å². The van der Waals surface area contributed by atoms with E-state index in [1.807, 2.05) is 0 Å². The summed E-state index contributed by atoms with van der Waals surface area (Å²) in [4.78, 5) is 2.51. The molecule has 0 spiro atoms. The second kappa shape index (κ2) is 4.68. The Bertz CT molecular complexity index is 218. The fourth-order valence-electron chi connectivity index (χ4n) is 4.07. The maximum atomic E-state index is 2.51. The quantitative estimate of drug-likeness (QED) is 0.688. The number of hydrogen-bond donors (Lipinski definition) is 0. The van der Waals surface area contributed by atoms with Gasteiger partial charge in [-0.2, -0.15) is 0 Å². The maximum absolute atomic E-state index is 2.51. The predicted molar refractivity (Wildman–Crippen MR) is 70.5 cm³/mol. The molecular formula is C15H29N. The van der Waals surface area contributed by atoms with Crippen LogP contribution in [0.15, 0.2) is 0 Å². The van der Waals surface area contributed by atoms with Gasteiger partial charge in [0.25, 0.3) is 0 Å². The summed E-state index contributed by atoms with van der Waals surface area (Å²) in [7, 11) is 2.28. The smallest absolute Gasteiger partial charge is 0.00164 e. The average Bonchev–Trinajstić information content (AvgIpc) is 2.61. The van der Waals surface area contributed by atoms with Crippen LogP contribution in [-0.4, -0.2) is 25.0 Å². The van der Waals surface area contributed by atoms with Gasteiger partial charge >= 0.3 is 0 Å². The highest BCUT2D eigenvalue weighted by molar-refractivity contribution is 4.94. The molecule has 0 amide bonds. The minimum atomic E-state index is 0.700. The zero-order valence-corrected chi connectivity index (χ0v) is 11.6. The molecule has 1 heterocycles. The fourth-order valence-corrected chi connectivity index (χ4v) is 4.07. The Morgan fingerprint density at radius 3 is 2.00 bits per heavy atom. The van der Waals surface area contributed by atoms with E-state index in [1.54, 1.807) is 0 Å².